The number of nitro benzene ring substituents is 1. The smallest absolute Gasteiger partial charge is 0.269 e. The molecule has 0 aliphatic carbocycles. The van der Waals surface area contributed by atoms with Gasteiger partial charge in [-0.3, -0.25) is 15.2 Å². The van der Waals surface area contributed by atoms with Gasteiger partial charge in [-0.05, 0) is 58.4 Å². The van der Waals surface area contributed by atoms with Gasteiger partial charge in [0.2, 0.25) is 4.77 Å². The van der Waals surface area contributed by atoms with Crippen LogP contribution < -0.4 is 4.74 Å². The van der Waals surface area contributed by atoms with Gasteiger partial charge in [0.25, 0.3) is 5.69 Å². The van der Waals surface area contributed by atoms with Crippen molar-refractivity contribution < 1.29 is 9.66 Å². The molecule has 1 atom stereocenters. The maximum absolute atomic E-state index is 10.8. The Balaban J connectivity index is 1.64. The molecule has 0 saturated heterocycles. The summed E-state index contributed by atoms with van der Waals surface area (Å²) in [6.45, 7) is 2.04. The van der Waals surface area contributed by atoms with Crippen molar-refractivity contribution in [2.45, 2.75) is 12.8 Å². The minimum Gasteiger partial charge on any atom is -0.497 e. The van der Waals surface area contributed by atoms with Gasteiger partial charge in [-0.25, -0.2) is 0 Å². The zero-order valence-electron chi connectivity index (χ0n) is 16.9. The van der Waals surface area contributed by atoms with Gasteiger partial charge in [0, 0.05) is 18.1 Å². The van der Waals surface area contributed by atoms with Crippen LogP contribution in [0.3, 0.4) is 0 Å². The van der Waals surface area contributed by atoms with Gasteiger partial charge in [-0.2, -0.15) is 14.9 Å². The van der Waals surface area contributed by atoms with Crippen LogP contribution in [0.4, 0.5) is 5.69 Å². The van der Waals surface area contributed by atoms with E-state index in [2.05, 4.69) is 33.5 Å². The molecule has 0 radical (unpaired) electrons. The molecule has 31 heavy (non-hydrogen) atoms. The van der Waals surface area contributed by atoms with E-state index in [9.17, 15) is 10.1 Å². The molecule has 0 aliphatic heterocycles. The Morgan fingerprint density at radius 1 is 1.16 bits per heavy atom. The number of aromatic nitrogens is 3. The van der Waals surface area contributed by atoms with Gasteiger partial charge >= 0.3 is 0 Å². The summed E-state index contributed by atoms with van der Waals surface area (Å²) in [6.07, 6.45) is 1.60. The molecule has 1 aromatic heterocycles. The molecule has 1 unspecified atom stereocenters. The lowest BCUT2D eigenvalue weighted by molar-refractivity contribution is -0.384. The van der Waals surface area contributed by atoms with E-state index < -0.39 is 4.92 Å². The maximum atomic E-state index is 10.8. The van der Waals surface area contributed by atoms with Crippen molar-refractivity contribution in [3.63, 3.8) is 0 Å². The Morgan fingerprint density at radius 3 is 2.58 bits per heavy atom. The number of fused-ring (bicyclic) bond motifs is 1. The van der Waals surface area contributed by atoms with Gasteiger partial charge in [-0.1, -0.05) is 31.2 Å². The fourth-order valence-electron chi connectivity index (χ4n) is 3.29. The summed E-state index contributed by atoms with van der Waals surface area (Å²) in [4.78, 5) is 10.4. The van der Waals surface area contributed by atoms with Crippen LogP contribution in [-0.2, 0) is 0 Å². The summed E-state index contributed by atoms with van der Waals surface area (Å²) in [5.74, 6) is 1.40. The van der Waals surface area contributed by atoms with Crippen molar-refractivity contribution in [3.8, 4) is 5.75 Å². The van der Waals surface area contributed by atoms with Gasteiger partial charge in [0.15, 0.2) is 5.82 Å². The minimum atomic E-state index is -0.438. The van der Waals surface area contributed by atoms with Crippen molar-refractivity contribution in [3.05, 3.63) is 92.5 Å². The minimum absolute atomic E-state index is 0.0281. The number of benzene rings is 3. The highest BCUT2D eigenvalue weighted by Crippen LogP contribution is 2.28. The van der Waals surface area contributed by atoms with E-state index in [1.54, 1.807) is 30.1 Å². The standard InChI is InChI=1S/C22H19N5O3S/c1-14(16-5-6-18-12-20(30-2)10-7-17(18)11-16)21-24-25-22(31)26(21)23-13-15-3-8-19(9-4-15)27(28)29/h3-14H,1-2H3,(H,25,31). The number of nitrogens with zero attached hydrogens (tertiary/aromatic N) is 4. The van der Waals surface area contributed by atoms with Crippen molar-refractivity contribution in [2.75, 3.05) is 7.11 Å². The molecular formula is C22H19N5O3S. The number of ether oxygens (including phenoxy) is 1. The van der Waals surface area contributed by atoms with Gasteiger partial charge in [0.05, 0.1) is 18.2 Å². The Kier molecular flexibility index (Phi) is 5.59. The Labute approximate surface area is 183 Å². The molecule has 0 aliphatic rings. The molecule has 156 valence electrons. The summed E-state index contributed by atoms with van der Waals surface area (Å²) >= 11 is 5.35. The second-order valence-electron chi connectivity index (χ2n) is 6.99. The molecule has 4 rings (SSSR count). The average Bonchev–Trinajstić information content (AvgIpc) is 3.16. The first-order valence-corrected chi connectivity index (χ1v) is 9.91. The Hall–Kier alpha value is -3.85. The van der Waals surface area contributed by atoms with E-state index in [4.69, 9.17) is 17.0 Å². The number of methoxy groups -OCH3 is 1. The quantitative estimate of drug-likeness (QED) is 0.199. The monoisotopic (exact) mass is 433 g/mol. The van der Waals surface area contributed by atoms with E-state index in [1.165, 1.54) is 12.1 Å². The first-order chi connectivity index (χ1) is 15.0. The van der Waals surface area contributed by atoms with Crippen LogP contribution in [0.25, 0.3) is 10.8 Å². The van der Waals surface area contributed by atoms with Crippen molar-refractivity contribution in [2.24, 2.45) is 5.10 Å². The highest BCUT2D eigenvalue weighted by atomic mass is 32.1. The van der Waals surface area contributed by atoms with Crippen molar-refractivity contribution >= 4 is 34.9 Å². The molecule has 8 nitrogen and oxygen atoms in total. The predicted octanol–water partition coefficient (Wildman–Crippen LogP) is 5.04. The van der Waals surface area contributed by atoms with E-state index in [-0.39, 0.29) is 11.6 Å². The number of nitrogens with one attached hydrogen (secondary N) is 1. The molecule has 0 bridgehead atoms. The number of non-ortho nitro benzene ring substituents is 1. The number of hydrogen-bond acceptors (Lipinski definition) is 6. The van der Waals surface area contributed by atoms with E-state index in [1.807, 2.05) is 25.1 Å². The maximum Gasteiger partial charge on any atom is 0.269 e. The van der Waals surface area contributed by atoms with Gasteiger partial charge < -0.3 is 4.74 Å². The fraction of sp³-hybridized carbons (Fsp3) is 0.136. The summed E-state index contributed by atoms with van der Waals surface area (Å²) < 4.78 is 7.23. The van der Waals surface area contributed by atoms with Crippen LogP contribution in [0.1, 0.15) is 29.8 Å². The lowest BCUT2D eigenvalue weighted by Gasteiger charge is -2.12. The predicted molar refractivity (Wildman–Crippen MR) is 122 cm³/mol. The zero-order chi connectivity index (χ0) is 22.0. The number of hydrogen-bond donors (Lipinski definition) is 1. The van der Waals surface area contributed by atoms with Crippen LogP contribution in [0.15, 0.2) is 65.8 Å². The molecule has 4 aromatic rings. The van der Waals surface area contributed by atoms with Crippen LogP contribution in [0.2, 0.25) is 0 Å². The molecule has 1 heterocycles. The summed E-state index contributed by atoms with van der Waals surface area (Å²) in [5.41, 5.74) is 1.81. The van der Waals surface area contributed by atoms with E-state index in [0.717, 1.165) is 22.1 Å². The topological polar surface area (TPSA) is 98.3 Å². The third-order valence-electron chi connectivity index (χ3n) is 5.06. The SMILES string of the molecule is COc1ccc2cc(C(C)c3n[nH]c(=S)n3N=Cc3ccc([N+](=O)[O-])cc3)ccc2c1. The van der Waals surface area contributed by atoms with Crippen LogP contribution in [0, 0.1) is 14.9 Å². The Morgan fingerprint density at radius 2 is 1.87 bits per heavy atom. The Bertz CT molecular complexity index is 1340. The van der Waals surface area contributed by atoms with Crippen molar-refractivity contribution in [1.29, 1.82) is 0 Å². The molecule has 9 heteroatoms. The number of aromatic amines is 1. The first kappa shape index (κ1) is 20.4. The highest BCUT2D eigenvalue weighted by Gasteiger charge is 2.17. The van der Waals surface area contributed by atoms with Crippen LogP contribution in [-0.4, -0.2) is 33.1 Å². The van der Waals surface area contributed by atoms with E-state index in [0.29, 0.717) is 16.2 Å². The summed E-state index contributed by atoms with van der Waals surface area (Å²) in [5, 5.41) is 24.6. The second kappa shape index (κ2) is 8.49. The average molecular weight is 433 g/mol. The van der Waals surface area contributed by atoms with Gasteiger partial charge in [0.1, 0.15) is 5.75 Å². The lowest BCUT2D eigenvalue weighted by atomic mass is 9.97. The lowest BCUT2D eigenvalue weighted by Crippen LogP contribution is -2.05. The fourth-order valence-corrected chi connectivity index (χ4v) is 3.48. The summed E-state index contributed by atoms with van der Waals surface area (Å²) in [7, 11) is 1.65. The number of rotatable bonds is 6. The molecule has 0 spiro atoms. The van der Waals surface area contributed by atoms with Crippen molar-refractivity contribution in [1.82, 2.24) is 14.9 Å². The largest absolute Gasteiger partial charge is 0.497 e. The number of nitro groups is 1. The first-order valence-electron chi connectivity index (χ1n) is 9.50. The third-order valence-corrected chi connectivity index (χ3v) is 5.32. The van der Waals surface area contributed by atoms with Crippen LogP contribution >= 0.6 is 12.2 Å². The molecule has 0 amide bonds. The second-order valence-corrected chi connectivity index (χ2v) is 7.37. The molecular weight excluding hydrogens is 414 g/mol. The third kappa shape index (κ3) is 4.22. The van der Waals surface area contributed by atoms with Gasteiger partial charge in [-0.15, -0.1) is 0 Å². The van der Waals surface area contributed by atoms with E-state index >= 15 is 0 Å². The highest BCUT2D eigenvalue weighted by molar-refractivity contribution is 7.71. The molecule has 1 N–H and O–H groups in total. The summed E-state index contributed by atoms with van der Waals surface area (Å²) in [6, 6.07) is 18.3. The zero-order valence-corrected chi connectivity index (χ0v) is 17.7. The molecule has 0 fully saturated rings. The molecule has 0 saturated carbocycles. The number of H-pyrrole nitrogens is 1. The van der Waals surface area contributed by atoms with Crippen LogP contribution in [0.5, 0.6) is 5.75 Å². The molecule has 3 aromatic carbocycles. The normalized spacial score (nSPS) is 12.3.